The molecular formula is C10H7ClNO. The highest BCUT2D eigenvalue weighted by molar-refractivity contribution is 6.30. The Kier molecular flexibility index (Phi) is 2.07. The monoisotopic (exact) mass is 192 g/mol. The Hall–Kier alpha value is -1.28. The molecule has 1 aromatic heterocycles. The number of benzene rings is 1. The summed E-state index contributed by atoms with van der Waals surface area (Å²) in [6.45, 7) is 3.65. The Morgan fingerprint density at radius 3 is 2.46 bits per heavy atom. The predicted molar refractivity (Wildman–Crippen MR) is 51.4 cm³/mol. The van der Waals surface area contributed by atoms with Gasteiger partial charge in [0.2, 0.25) is 5.89 Å². The van der Waals surface area contributed by atoms with E-state index in [0.29, 0.717) is 16.6 Å². The number of halogens is 1. The minimum Gasteiger partial charge on any atom is -0.444 e. The molecule has 65 valence electrons. The minimum absolute atomic E-state index is 0.571. The molecule has 1 aromatic carbocycles. The Labute approximate surface area is 81.2 Å². The molecule has 0 unspecified atom stereocenters. The SMILES string of the molecule is [CH2]c1coc(-c2ccc(Cl)cc2)n1. The molecule has 3 heteroatoms. The van der Waals surface area contributed by atoms with Gasteiger partial charge in [-0.25, -0.2) is 4.98 Å². The molecule has 2 aromatic rings. The van der Waals surface area contributed by atoms with Crippen molar-refractivity contribution in [3.63, 3.8) is 0 Å². The fourth-order valence-electron chi connectivity index (χ4n) is 1.03. The molecule has 0 aliphatic rings. The summed E-state index contributed by atoms with van der Waals surface area (Å²) in [5, 5.41) is 0.699. The van der Waals surface area contributed by atoms with Crippen LogP contribution in [0.2, 0.25) is 5.02 Å². The van der Waals surface area contributed by atoms with E-state index in [4.69, 9.17) is 16.0 Å². The van der Waals surface area contributed by atoms with Crippen molar-refractivity contribution in [1.82, 2.24) is 4.98 Å². The van der Waals surface area contributed by atoms with Crippen LogP contribution in [0.4, 0.5) is 0 Å². The maximum atomic E-state index is 5.74. The molecule has 0 aliphatic carbocycles. The zero-order chi connectivity index (χ0) is 9.26. The summed E-state index contributed by atoms with van der Waals surface area (Å²) >= 11 is 5.74. The molecule has 0 fully saturated rings. The first-order valence-corrected chi connectivity index (χ1v) is 4.17. The molecule has 1 heterocycles. The predicted octanol–water partition coefficient (Wildman–Crippen LogP) is 3.18. The van der Waals surface area contributed by atoms with Crippen molar-refractivity contribution in [2.75, 3.05) is 0 Å². The smallest absolute Gasteiger partial charge is 0.226 e. The third-order valence-corrected chi connectivity index (χ3v) is 1.89. The molecule has 0 saturated carbocycles. The van der Waals surface area contributed by atoms with Gasteiger partial charge in [-0.2, -0.15) is 0 Å². The lowest BCUT2D eigenvalue weighted by molar-refractivity contribution is 0.574. The van der Waals surface area contributed by atoms with Crippen LogP contribution in [0.1, 0.15) is 5.69 Å². The van der Waals surface area contributed by atoms with E-state index in [1.165, 1.54) is 6.26 Å². The van der Waals surface area contributed by atoms with Gasteiger partial charge in [-0.3, -0.25) is 0 Å². The van der Waals surface area contributed by atoms with Crippen molar-refractivity contribution in [3.05, 3.63) is 48.2 Å². The molecule has 0 atom stereocenters. The first-order valence-electron chi connectivity index (χ1n) is 3.79. The van der Waals surface area contributed by atoms with Gasteiger partial charge in [0.15, 0.2) is 0 Å². The number of hydrogen-bond donors (Lipinski definition) is 0. The van der Waals surface area contributed by atoms with Gasteiger partial charge in [0.25, 0.3) is 0 Å². The number of rotatable bonds is 1. The minimum atomic E-state index is 0.571. The molecule has 1 radical (unpaired) electrons. The summed E-state index contributed by atoms with van der Waals surface area (Å²) in [6.07, 6.45) is 1.52. The number of nitrogens with zero attached hydrogens (tertiary/aromatic N) is 1. The lowest BCUT2D eigenvalue weighted by Gasteiger charge is -1.93. The van der Waals surface area contributed by atoms with Crippen LogP contribution in [0.3, 0.4) is 0 Å². The van der Waals surface area contributed by atoms with Crippen molar-refractivity contribution in [2.24, 2.45) is 0 Å². The van der Waals surface area contributed by atoms with Crippen LogP contribution in [0.15, 0.2) is 34.9 Å². The van der Waals surface area contributed by atoms with Crippen LogP contribution >= 0.6 is 11.6 Å². The van der Waals surface area contributed by atoms with E-state index >= 15 is 0 Å². The summed E-state index contributed by atoms with van der Waals surface area (Å²) in [4.78, 5) is 4.09. The Morgan fingerprint density at radius 2 is 1.92 bits per heavy atom. The Balaban J connectivity index is 2.41. The fraction of sp³-hybridized carbons (Fsp3) is 0. The second-order valence-corrected chi connectivity index (χ2v) is 3.09. The molecule has 0 spiro atoms. The maximum Gasteiger partial charge on any atom is 0.226 e. The Bertz CT molecular complexity index is 405. The summed E-state index contributed by atoms with van der Waals surface area (Å²) in [5.41, 5.74) is 1.53. The van der Waals surface area contributed by atoms with Crippen LogP contribution in [0.25, 0.3) is 11.5 Å². The zero-order valence-electron chi connectivity index (χ0n) is 6.83. The molecule has 0 saturated heterocycles. The number of oxazole rings is 1. The van der Waals surface area contributed by atoms with Gasteiger partial charge >= 0.3 is 0 Å². The van der Waals surface area contributed by atoms with E-state index in [0.717, 1.165) is 5.56 Å². The van der Waals surface area contributed by atoms with E-state index in [-0.39, 0.29) is 0 Å². The lowest BCUT2D eigenvalue weighted by Crippen LogP contribution is -1.76. The molecule has 13 heavy (non-hydrogen) atoms. The van der Waals surface area contributed by atoms with Crippen LogP contribution in [0, 0.1) is 6.92 Å². The van der Waals surface area contributed by atoms with Gasteiger partial charge in [-0.15, -0.1) is 0 Å². The van der Waals surface area contributed by atoms with Crippen molar-refractivity contribution < 1.29 is 4.42 Å². The maximum absolute atomic E-state index is 5.74. The second-order valence-electron chi connectivity index (χ2n) is 2.65. The fourth-order valence-corrected chi connectivity index (χ4v) is 1.16. The topological polar surface area (TPSA) is 26.0 Å². The van der Waals surface area contributed by atoms with E-state index < -0.39 is 0 Å². The van der Waals surface area contributed by atoms with Crippen LogP contribution in [-0.2, 0) is 0 Å². The molecule has 0 N–H and O–H groups in total. The lowest BCUT2D eigenvalue weighted by atomic mass is 10.2. The first kappa shape index (κ1) is 8.32. The molecule has 0 aliphatic heterocycles. The number of aromatic nitrogens is 1. The third-order valence-electron chi connectivity index (χ3n) is 1.64. The van der Waals surface area contributed by atoms with Crippen molar-refractivity contribution in [3.8, 4) is 11.5 Å². The van der Waals surface area contributed by atoms with E-state index in [1.54, 1.807) is 12.1 Å². The summed E-state index contributed by atoms with van der Waals surface area (Å²) in [5.74, 6) is 0.571. The van der Waals surface area contributed by atoms with E-state index in [2.05, 4.69) is 11.9 Å². The van der Waals surface area contributed by atoms with Crippen molar-refractivity contribution >= 4 is 11.6 Å². The van der Waals surface area contributed by atoms with Gasteiger partial charge in [-0.05, 0) is 31.2 Å². The standard InChI is InChI=1S/C10H7ClNO/c1-7-6-13-10(12-7)8-2-4-9(11)5-3-8/h2-6H,1H2. The highest BCUT2D eigenvalue weighted by Crippen LogP contribution is 2.20. The molecule has 2 rings (SSSR count). The number of hydrogen-bond acceptors (Lipinski definition) is 2. The second kappa shape index (κ2) is 3.23. The van der Waals surface area contributed by atoms with Crippen LogP contribution in [-0.4, -0.2) is 4.98 Å². The highest BCUT2D eigenvalue weighted by Gasteiger charge is 2.02. The van der Waals surface area contributed by atoms with Crippen molar-refractivity contribution in [1.29, 1.82) is 0 Å². The Morgan fingerprint density at radius 1 is 1.23 bits per heavy atom. The molecule has 0 bridgehead atoms. The average Bonchev–Trinajstić information content (AvgIpc) is 2.53. The van der Waals surface area contributed by atoms with E-state index in [1.807, 2.05) is 12.1 Å². The quantitative estimate of drug-likeness (QED) is 0.694. The van der Waals surface area contributed by atoms with Gasteiger partial charge in [-0.1, -0.05) is 11.6 Å². The van der Waals surface area contributed by atoms with Gasteiger partial charge in [0.05, 0.1) is 5.69 Å². The largest absolute Gasteiger partial charge is 0.444 e. The third kappa shape index (κ3) is 1.73. The van der Waals surface area contributed by atoms with Gasteiger partial charge in [0, 0.05) is 10.6 Å². The zero-order valence-corrected chi connectivity index (χ0v) is 7.58. The van der Waals surface area contributed by atoms with Crippen LogP contribution in [0.5, 0.6) is 0 Å². The summed E-state index contributed by atoms with van der Waals surface area (Å²) in [6, 6.07) is 7.30. The van der Waals surface area contributed by atoms with Gasteiger partial charge in [0.1, 0.15) is 6.26 Å². The summed E-state index contributed by atoms with van der Waals surface area (Å²) in [7, 11) is 0. The molecule has 0 amide bonds. The van der Waals surface area contributed by atoms with Crippen molar-refractivity contribution in [2.45, 2.75) is 0 Å². The highest BCUT2D eigenvalue weighted by atomic mass is 35.5. The summed E-state index contributed by atoms with van der Waals surface area (Å²) < 4.78 is 5.17. The molecule has 2 nitrogen and oxygen atoms in total. The normalized spacial score (nSPS) is 10.3. The van der Waals surface area contributed by atoms with E-state index in [9.17, 15) is 0 Å². The van der Waals surface area contributed by atoms with Crippen LogP contribution < -0.4 is 0 Å². The average molecular weight is 193 g/mol. The molecular weight excluding hydrogens is 186 g/mol. The first-order chi connectivity index (χ1) is 6.25. The van der Waals surface area contributed by atoms with Gasteiger partial charge < -0.3 is 4.42 Å².